The molecule has 0 saturated carbocycles. The molecule has 2 atom stereocenters. The van der Waals surface area contributed by atoms with Gasteiger partial charge in [-0.2, -0.15) is 4.31 Å². The van der Waals surface area contributed by atoms with Gasteiger partial charge in [-0.15, -0.1) is 0 Å². The standard InChI is InChI=1S/C25H21BrFNO4S/c1-16-9-11-19(12-10-16)33(31,32)28-23(20-7-2-3-8-22(20)27)14-13-21(25(29)30)24(28)17-5-4-6-18(26)15-17/h2-13,15,23-24H,14H2,1H3,(H,29,30)/t23-,24-/m0/s1. The van der Waals surface area contributed by atoms with Crippen LogP contribution < -0.4 is 0 Å². The Hall–Kier alpha value is -2.81. The van der Waals surface area contributed by atoms with E-state index in [-0.39, 0.29) is 22.5 Å². The lowest BCUT2D eigenvalue weighted by molar-refractivity contribution is -0.133. The highest BCUT2D eigenvalue weighted by molar-refractivity contribution is 9.10. The fourth-order valence-corrected chi connectivity index (χ4v) is 6.31. The Bertz CT molecular complexity index is 1340. The van der Waals surface area contributed by atoms with E-state index in [2.05, 4.69) is 15.9 Å². The van der Waals surface area contributed by atoms with Gasteiger partial charge in [0.2, 0.25) is 10.0 Å². The molecule has 0 radical (unpaired) electrons. The van der Waals surface area contributed by atoms with Crippen molar-refractivity contribution in [3.63, 3.8) is 0 Å². The van der Waals surface area contributed by atoms with Crippen molar-refractivity contribution in [1.29, 1.82) is 0 Å². The van der Waals surface area contributed by atoms with Crippen LogP contribution in [0, 0.1) is 12.7 Å². The van der Waals surface area contributed by atoms with Crippen molar-refractivity contribution >= 4 is 31.9 Å². The normalized spacial score (nSPS) is 19.2. The first kappa shape index (κ1) is 23.4. The molecule has 1 N–H and O–H groups in total. The number of sulfonamides is 1. The van der Waals surface area contributed by atoms with Crippen molar-refractivity contribution in [3.05, 3.63) is 111 Å². The molecule has 0 fully saturated rings. The first-order chi connectivity index (χ1) is 15.7. The number of carboxylic acid groups (broad SMARTS) is 1. The van der Waals surface area contributed by atoms with E-state index in [0.717, 1.165) is 9.87 Å². The molecule has 0 saturated heterocycles. The zero-order valence-corrected chi connectivity index (χ0v) is 20.1. The molecule has 0 unspecified atom stereocenters. The third-order valence-corrected chi connectivity index (χ3v) is 8.07. The van der Waals surface area contributed by atoms with Crippen LogP contribution in [0.15, 0.2) is 93.8 Å². The van der Waals surface area contributed by atoms with Gasteiger partial charge in [-0.05, 0) is 49.2 Å². The van der Waals surface area contributed by atoms with Gasteiger partial charge in [0.15, 0.2) is 0 Å². The maximum Gasteiger partial charge on any atom is 0.333 e. The molecule has 0 spiro atoms. The van der Waals surface area contributed by atoms with Gasteiger partial charge in [-0.25, -0.2) is 17.6 Å². The van der Waals surface area contributed by atoms with E-state index in [1.54, 1.807) is 42.5 Å². The molecular formula is C25H21BrFNO4S. The lowest BCUT2D eigenvalue weighted by Crippen LogP contribution is -2.42. The number of rotatable bonds is 5. The van der Waals surface area contributed by atoms with E-state index in [0.29, 0.717) is 10.0 Å². The fraction of sp³-hybridized carbons (Fsp3) is 0.160. The maximum atomic E-state index is 14.9. The molecule has 3 aromatic rings. The molecule has 1 heterocycles. The second-order valence-electron chi connectivity index (χ2n) is 7.84. The number of nitrogens with zero attached hydrogens (tertiary/aromatic N) is 1. The monoisotopic (exact) mass is 529 g/mol. The van der Waals surface area contributed by atoms with Crippen LogP contribution in [0.2, 0.25) is 0 Å². The van der Waals surface area contributed by atoms with Crippen LogP contribution in [-0.4, -0.2) is 23.8 Å². The largest absolute Gasteiger partial charge is 0.478 e. The Balaban J connectivity index is 2.00. The molecule has 3 aromatic carbocycles. The van der Waals surface area contributed by atoms with Crippen LogP contribution >= 0.6 is 15.9 Å². The third kappa shape index (κ3) is 4.51. The number of carboxylic acids is 1. The Morgan fingerprint density at radius 1 is 1.06 bits per heavy atom. The summed E-state index contributed by atoms with van der Waals surface area (Å²) < 4.78 is 44.7. The van der Waals surface area contributed by atoms with Crippen LogP contribution in [0.25, 0.3) is 0 Å². The molecule has 0 aliphatic carbocycles. The fourth-order valence-electron chi connectivity index (χ4n) is 4.13. The smallest absolute Gasteiger partial charge is 0.333 e. The van der Waals surface area contributed by atoms with Crippen LogP contribution in [0.1, 0.15) is 35.2 Å². The first-order valence-electron chi connectivity index (χ1n) is 10.2. The number of halogens is 2. The number of aliphatic carboxylic acids is 1. The van der Waals surface area contributed by atoms with Crippen molar-refractivity contribution in [3.8, 4) is 0 Å². The molecule has 5 nitrogen and oxygen atoms in total. The number of benzene rings is 3. The summed E-state index contributed by atoms with van der Waals surface area (Å²) in [6.45, 7) is 1.84. The van der Waals surface area contributed by atoms with Crippen LogP contribution in [0.5, 0.6) is 0 Å². The van der Waals surface area contributed by atoms with Gasteiger partial charge in [0.25, 0.3) is 0 Å². The molecule has 0 aromatic heterocycles. The predicted octanol–water partition coefficient (Wildman–Crippen LogP) is 5.78. The summed E-state index contributed by atoms with van der Waals surface area (Å²) in [6.07, 6.45) is 1.52. The Kier molecular flexibility index (Phi) is 6.52. The van der Waals surface area contributed by atoms with E-state index in [1.165, 1.54) is 36.4 Å². The molecule has 8 heteroatoms. The summed E-state index contributed by atoms with van der Waals surface area (Å²) in [5.41, 5.74) is 1.47. The number of hydrogen-bond acceptors (Lipinski definition) is 3. The number of aryl methyl sites for hydroxylation is 1. The van der Waals surface area contributed by atoms with Gasteiger partial charge in [0.05, 0.1) is 22.6 Å². The third-order valence-electron chi connectivity index (χ3n) is 5.69. The summed E-state index contributed by atoms with van der Waals surface area (Å²) >= 11 is 3.39. The zero-order chi connectivity index (χ0) is 23.8. The summed E-state index contributed by atoms with van der Waals surface area (Å²) in [6, 6.07) is 17.1. The van der Waals surface area contributed by atoms with E-state index < -0.39 is 33.9 Å². The van der Waals surface area contributed by atoms with E-state index in [4.69, 9.17) is 0 Å². The van der Waals surface area contributed by atoms with Gasteiger partial charge in [0, 0.05) is 10.0 Å². The SMILES string of the molecule is Cc1ccc(S(=O)(=O)N2[C@@H](c3cccc(Br)c3)C(C(=O)O)=CC[C@H]2c2ccccc2F)cc1. The second kappa shape index (κ2) is 9.21. The molecule has 33 heavy (non-hydrogen) atoms. The highest BCUT2D eigenvalue weighted by Crippen LogP contribution is 2.46. The minimum Gasteiger partial charge on any atom is -0.478 e. The Morgan fingerprint density at radius 2 is 1.76 bits per heavy atom. The minimum absolute atomic E-state index is 0.0149. The van der Waals surface area contributed by atoms with Gasteiger partial charge >= 0.3 is 5.97 Å². The van der Waals surface area contributed by atoms with Gasteiger partial charge < -0.3 is 5.11 Å². The van der Waals surface area contributed by atoms with E-state index in [1.807, 2.05) is 6.92 Å². The zero-order valence-electron chi connectivity index (χ0n) is 17.7. The quantitative estimate of drug-likeness (QED) is 0.454. The highest BCUT2D eigenvalue weighted by atomic mass is 79.9. The summed E-state index contributed by atoms with van der Waals surface area (Å²) in [4.78, 5) is 12.2. The number of hydrogen-bond donors (Lipinski definition) is 1. The molecule has 0 bridgehead atoms. The van der Waals surface area contributed by atoms with Gasteiger partial charge in [0.1, 0.15) is 5.82 Å². The van der Waals surface area contributed by atoms with Crippen LogP contribution in [0.4, 0.5) is 4.39 Å². The van der Waals surface area contributed by atoms with Crippen molar-refractivity contribution in [2.45, 2.75) is 30.3 Å². The lowest BCUT2D eigenvalue weighted by Gasteiger charge is -2.40. The summed E-state index contributed by atoms with van der Waals surface area (Å²) in [5, 5.41) is 9.97. The van der Waals surface area contributed by atoms with Crippen LogP contribution in [-0.2, 0) is 14.8 Å². The summed E-state index contributed by atoms with van der Waals surface area (Å²) in [5.74, 6) is -1.78. The predicted molar refractivity (Wildman–Crippen MR) is 127 cm³/mol. The Labute approximate surface area is 200 Å². The topological polar surface area (TPSA) is 74.7 Å². The Morgan fingerprint density at radius 3 is 2.39 bits per heavy atom. The molecule has 0 amide bonds. The van der Waals surface area contributed by atoms with E-state index >= 15 is 0 Å². The van der Waals surface area contributed by atoms with E-state index in [9.17, 15) is 22.7 Å². The first-order valence-corrected chi connectivity index (χ1v) is 12.5. The van der Waals surface area contributed by atoms with Crippen molar-refractivity contribution in [2.24, 2.45) is 0 Å². The molecule has 170 valence electrons. The second-order valence-corrected chi connectivity index (χ2v) is 10.6. The minimum atomic E-state index is -4.22. The van der Waals surface area contributed by atoms with Crippen molar-refractivity contribution < 1.29 is 22.7 Å². The molecule has 4 rings (SSSR count). The van der Waals surface area contributed by atoms with Gasteiger partial charge in [-0.3, -0.25) is 0 Å². The lowest BCUT2D eigenvalue weighted by atomic mass is 9.89. The summed E-state index contributed by atoms with van der Waals surface area (Å²) in [7, 11) is -4.22. The number of carbonyl (C=O) groups is 1. The maximum absolute atomic E-state index is 14.9. The molecular weight excluding hydrogens is 509 g/mol. The average molecular weight is 530 g/mol. The average Bonchev–Trinajstić information content (AvgIpc) is 2.78. The highest BCUT2D eigenvalue weighted by Gasteiger charge is 2.45. The molecule has 1 aliphatic rings. The van der Waals surface area contributed by atoms with Crippen molar-refractivity contribution in [2.75, 3.05) is 0 Å². The van der Waals surface area contributed by atoms with Gasteiger partial charge in [-0.1, -0.05) is 70.0 Å². The van der Waals surface area contributed by atoms with Crippen molar-refractivity contribution in [1.82, 2.24) is 4.31 Å². The molecule has 1 aliphatic heterocycles. The van der Waals surface area contributed by atoms with Crippen LogP contribution in [0.3, 0.4) is 0 Å².